The molecule has 0 heterocycles. The Kier molecular flexibility index (Phi) is 11.3. The molecule has 8 heteroatoms. The number of amides is 1. The molecule has 6 nitrogen and oxygen atoms in total. The summed E-state index contributed by atoms with van der Waals surface area (Å²) in [5, 5.41) is 15.8. The average molecular weight is 494 g/mol. The van der Waals surface area contributed by atoms with Crippen molar-refractivity contribution in [3.63, 3.8) is 0 Å². The second kappa shape index (κ2) is 12.6. The minimum atomic E-state index is -0.370. The Labute approximate surface area is 188 Å². The lowest BCUT2D eigenvalue weighted by molar-refractivity contribution is -0.124. The van der Waals surface area contributed by atoms with Gasteiger partial charge in [0.15, 0.2) is 18.1 Å². The van der Waals surface area contributed by atoms with Gasteiger partial charge in [-0.2, -0.15) is 0 Å². The molecule has 0 radical (unpaired) electrons. The summed E-state index contributed by atoms with van der Waals surface area (Å²) in [5.74, 6) is 1.03. The van der Waals surface area contributed by atoms with Crippen LogP contribution in [-0.4, -0.2) is 42.4 Å². The molecule has 1 aromatic carbocycles. The van der Waals surface area contributed by atoms with E-state index in [2.05, 4.69) is 26.6 Å². The van der Waals surface area contributed by atoms with Crippen LogP contribution in [0.1, 0.15) is 58.4 Å². The van der Waals surface area contributed by atoms with Crippen LogP contribution in [0.2, 0.25) is 0 Å². The summed E-state index contributed by atoms with van der Waals surface area (Å²) in [5.41, 5.74) is 0.626. The van der Waals surface area contributed by atoms with E-state index in [0.717, 1.165) is 22.9 Å². The third-order valence-corrected chi connectivity index (χ3v) is 5.44. The molecule has 2 rings (SSSR count). The van der Waals surface area contributed by atoms with Gasteiger partial charge in [-0.15, -0.1) is 12.4 Å². The molecule has 0 bridgehead atoms. The van der Waals surface area contributed by atoms with Gasteiger partial charge in [-0.25, -0.2) is 0 Å². The van der Waals surface area contributed by atoms with Gasteiger partial charge < -0.3 is 25.2 Å². The van der Waals surface area contributed by atoms with Crippen LogP contribution in [0, 0.1) is 0 Å². The van der Waals surface area contributed by atoms with Crippen LogP contribution >= 0.6 is 28.3 Å². The summed E-state index contributed by atoms with van der Waals surface area (Å²) in [6.45, 7) is 6.87. The van der Waals surface area contributed by atoms with E-state index >= 15 is 0 Å². The van der Waals surface area contributed by atoms with Crippen LogP contribution in [0.4, 0.5) is 0 Å². The molecule has 1 aliphatic carbocycles. The molecule has 0 atom stereocenters. The van der Waals surface area contributed by atoms with Crippen LogP contribution < -0.4 is 20.1 Å². The third-order valence-electron chi connectivity index (χ3n) is 4.85. The molecule has 29 heavy (non-hydrogen) atoms. The van der Waals surface area contributed by atoms with E-state index in [1.165, 1.54) is 19.3 Å². The zero-order valence-corrected chi connectivity index (χ0v) is 20.0. The van der Waals surface area contributed by atoms with Crippen LogP contribution in [0.25, 0.3) is 0 Å². The second-order valence-corrected chi connectivity index (χ2v) is 8.78. The maximum Gasteiger partial charge on any atom is 0.258 e. The number of hydrogen-bond donors (Lipinski definition) is 3. The van der Waals surface area contributed by atoms with Crippen molar-refractivity contribution < 1.29 is 19.4 Å². The van der Waals surface area contributed by atoms with Gasteiger partial charge in [0, 0.05) is 18.1 Å². The van der Waals surface area contributed by atoms with E-state index in [9.17, 15) is 9.90 Å². The first-order valence-corrected chi connectivity index (χ1v) is 10.9. The maximum absolute atomic E-state index is 12.3. The quantitative estimate of drug-likeness (QED) is 0.460. The molecular weight excluding hydrogens is 460 g/mol. The number of ether oxygens (including phenoxy) is 2. The van der Waals surface area contributed by atoms with Gasteiger partial charge in [0.05, 0.1) is 17.7 Å². The number of aliphatic hydroxyl groups is 1. The molecular formula is C21H34BrClN2O4. The van der Waals surface area contributed by atoms with Gasteiger partial charge in [0.1, 0.15) is 0 Å². The highest BCUT2D eigenvalue weighted by Crippen LogP contribution is 2.37. The second-order valence-electron chi connectivity index (χ2n) is 7.92. The SMILES string of the molecule is CCOc1cc(CNC(C)(C)CO)cc(Br)c1OCC(=O)NC1CCCCC1.Cl. The van der Waals surface area contributed by atoms with Crippen LogP contribution in [0.3, 0.4) is 0 Å². The lowest BCUT2D eigenvalue weighted by Gasteiger charge is -2.24. The summed E-state index contributed by atoms with van der Waals surface area (Å²) in [7, 11) is 0. The van der Waals surface area contributed by atoms with E-state index in [0.29, 0.717) is 24.7 Å². The fraction of sp³-hybridized carbons (Fsp3) is 0.667. The summed E-state index contributed by atoms with van der Waals surface area (Å²) in [6, 6.07) is 4.11. The molecule has 3 N–H and O–H groups in total. The number of hydrogen-bond acceptors (Lipinski definition) is 5. The lowest BCUT2D eigenvalue weighted by atomic mass is 9.95. The Hall–Kier alpha value is -1.02. The summed E-state index contributed by atoms with van der Waals surface area (Å²) in [6.07, 6.45) is 5.70. The van der Waals surface area contributed by atoms with Crippen molar-refractivity contribution in [2.45, 2.75) is 71.0 Å². The van der Waals surface area contributed by atoms with E-state index in [1.54, 1.807) is 0 Å². The van der Waals surface area contributed by atoms with E-state index < -0.39 is 0 Å². The minimum Gasteiger partial charge on any atom is -0.490 e. The Morgan fingerprint density at radius 2 is 1.93 bits per heavy atom. The zero-order chi connectivity index (χ0) is 20.6. The van der Waals surface area contributed by atoms with Crippen molar-refractivity contribution in [2.75, 3.05) is 19.8 Å². The first-order chi connectivity index (χ1) is 13.3. The molecule has 1 aliphatic rings. The number of rotatable bonds is 10. The lowest BCUT2D eigenvalue weighted by Crippen LogP contribution is -2.42. The topological polar surface area (TPSA) is 79.8 Å². The first-order valence-electron chi connectivity index (χ1n) is 10.1. The Morgan fingerprint density at radius 3 is 2.55 bits per heavy atom. The molecule has 0 unspecified atom stereocenters. The van der Waals surface area contributed by atoms with Crippen molar-refractivity contribution >= 4 is 34.2 Å². The van der Waals surface area contributed by atoms with Crippen LogP contribution in [-0.2, 0) is 11.3 Å². The molecule has 1 amide bonds. The summed E-state index contributed by atoms with van der Waals surface area (Å²) < 4.78 is 12.3. The highest BCUT2D eigenvalue weighted by Gasteiger charge is 2.19. The first kappa shape index (κ1) is 26.0. The van der Waals surface area contributed by atoms with Gasteiger partial charge in [0.2, 0.25) is 0 Å². The molecule has 0 aliphatic heterocycles. The Balaban J connectivity index is 0.00000420. The fourth-order valence-corrected chi connectivity index (χ4v) is 3.78. The number of benzene rings is 1. The smallest absolute Gasteiger partial charge is 0.258 e. The van der Waals surface area contributed by atoms with Crippen molar-refractivity contribution in [3.05, 3.63) is 22.2 Å². The Morgan fingerprint density at radius 1 is 1.24 bits per heavy atom. The van der Waals surface area contributed by atoms with Crippen LogP contribution in [0.15, 0.2) is 16.6 Å². The van der Waals surface area contributed by atoms with E-state index in [-0.39, 0.29) is 43.1 Å². The van der Waals surface area contributed by atoms with Gasteiger partial charge >= 0.3 is 0 Å². The van der Waals surface area contributed by atoms with E-state index in [4.69, 9.17) is 9.47 Å². The molecule has 1 aromatic rings. The third kappa shape index (κ3) is 8.70. The van der Waals surface area contributed by atoms with Gasteiger partial charge in [0.25, 0.3) is 5.91 Å². The van der Waals surface area contributed by atoms with Gasteiger partial charge in [-0.1, -0.05) is 19.3 Å². The maximum atomic E-state index is 12.3. The van der Waals surface area contributed by atoms with Crippen molar-refractivity contribution in [2.24, 2.45) is 0 Å². The molecule has 0 spiro atoms. The molecule has 0 aromatic heterocycles. The Bertz CT molecular complexity index is 652. The predicted octanol–water partition coefficient (Wildman–Crippen LogP) is 3.96. The van der Waals surface area contributed by atoms with Gasteiger partial charge in [-0.3, -0.25) is 4.79 Å². The number of nitrogens with one attached hydrogen (secondary N) is 2. The minimum absolute atomic E-state index is 0. The normalized spacial score (nSPS) is 14.8. The summed E-state index contributed by atoms with van der Waals surface area (Å²) in [4.78, 5) is 12.3. The molecule has 0 saturated heterocycles. The molecule has 1 fully saturated rings. The van der Waals surface area contributed by atoms with Crippen molar-refractivity contribution in [1.29, 1.82) is 0 Å². The fourth-order valence-electron chi connectivity index (χ4n) is 3.18. The zero-order valence-electron chi connectivity index (χ0n) is 17.6. The predicted molar refractivity (Wildman–Crippen MR) is 121 cm³/mol. The highest BCUT2D eigenvalue weighted by atomic mass is 79.9. The number of halogens is 2. The van der Waals surface area contributed by atoms with E-state index in [1.807, 2.05) is 32.9 Å². The molecule has 1 saturated carbocycles. The van der Waals surface area contributed by atoms with Crippen LogP contribution in [0.5, 0.6) is 11.5 Å². The number of aliphatic hydroxyl groups excluding tert-OH is 1. The molecule has 166 valence electrons. The van der Waals surface area contributed by atoms with Crippen molar-refractivity contribution in [3.8, 4) is 11.5 Å². The van der Waals surface area contributed by atoms with Crippen molar-refractivity contribution in [1.82, 2.24) is 10.6 Å². The monoisotopic (exact) mass is 492 g/mol. The number of carbonyl (C=O) groups excluding carboxylic acids is 1. The number of carbonyl (C=O) groups is 1. The highest BCUT2D eigenvalue weighted by molar-refractivity contribution is 9.10. The standard InChI is InChI=1S/C21H33BrN2O4.ClH/c1-4-27-18-11-15(12-23-21(2,3)14-25)10-17(22)20(18)28-13-19(26)24-16-8-6-5-7-9-16;/h10-11,16,23,25H,4-9,12-14H2,1-3H3,(H,24,26);1H. The van der Waals surface area contributed by atoms with Gasteiger partial charge in [-0.05, 0) is 67.2 Å². The average Bonchev–Trinajstić information content (AvgIpc) is 2.67. The largest absolute Gasteiger partial charge is 0.490 e. The summed E-state index contributed by atoms with van der Waals surface area (Å²) >= 11 is 3.54.